The topological polar surface area (TPSA) is 56.8 Å². The molecule has 0 spiro atoms. The predicted octanol–water partition coefficient (Wildman–Crippen LogP) is 2.16. The maximum Gasteiger partial charge on any atom is 0.258 e. The number of fused-ring (bicyclic) bond motifs is 1. The quantitative estimate of drug-likeness (QED) is 0.918. The van der Waals surface area contributed by atoms with E-state index in [2.05, 4.69) is 5.32 Å². The molecule has 1 amide bonds. The Bertz CT molecular complexity index is 692. The Kier molecular flexibility index (Phi) is 4.61. The molecule has 3 rings (SSSR count). The molecule has 1 aliphatic rings. The van der Waals surface area contributed by atoms with Crippen LogP contribution >= 0.6 is 0 Å². The largest absolute Gasteiger partial charge is 0.486 e. The number of rotatable bonds is 5. The molecular formula is C17H16FNO4. The Balaban J connectivity index is 1.43. The molecule has 0 aliphatic carbocycles. The Morgan fingerprint density at radius 1 is 1.22 bits per heavy atom. The van der Waals surface area contributed by atoms with E-state index in [9.17, 15) is 9.18 Å². The summed E-state index contributed by atoms with van der Waals surface area (Å²) in [6, 6.07) is 13.0. The molecule has 0 bridgehead atoms. The van der Waals surface area contributed by atoms with Gasteiger partial charge >= 0.3 is 0 Å². The fraction of sp³-hybridized carbons (Fsp3) is 0.235. The number of hydrogen-bond donors (Lipinski definition) is 1. The van der Waals surface area contributed by atoms with Crippen LogP contribution in [0.1, 0.15) is 0 Å². The summed E-state index contributed by atoms with van der Waals surface area (Å²) in [5.41, 5.74) is 0. The highest BCUT2D eigenvalue weighted by atomic mass is 19.1. The summed E-state index contributed by atoms with van der Waals surface area (Å²) in [4.78, 5) is 11.8. The van der Waals surface area contributed by atoms with Gasteiger partial charge in [0.25, 0.3) is 5.91 Å². The number of ether oxygens (including phenoxy) is 3. The Morgan fingerprint density at radius 3 is 2.87 bits per heavy atom. The van der Waals surface area contributed by atoms with E-state index in [1.807, 2.05) is 24.3 Å². The molecule has 5 nitrogen and oxygen atoms in total. The molecule has 6 heteroatoms. The molecule has 23 heavy (non-hydrogen) atoms. The fourth-order valence-corrected chi connectivity index (χ4v) is 2.15. The molecule has 2 aromatic rings. The van der Waals surface area contributed by atoms with Gasteiger partial charge in [-0.1, -0.05) is 18.2 Å². The zero-order valence-electron chi connectivity index (χ0n) is 12.3. The van der Waals surface area contributed by atoms with Crippen LogP contribution in [0.2, 0.25) is 0 Å². The zero-order chi connectivity index (χ0) is 16.1. The van der Waals surface area contributed by atoms with E-state index >= 15 is 0 Å². The third-order valence-corrected chi connectivity index (χ3v) is 3.26. The summed E-state index contributed by atoms with van der Waals surface area (Å²) in [5, 5.41) is 2.71. The molecule has 0 unspecified atom stereocenters. The molecule has 1 heterocycles. The molecular weight excluding hydrogens is 301 g/mol. The van der Waals surface area contributed by atoms with E-state index in [0.717, 1.165) is 0 Å². The number of halogens is 1. The number of para-hydroxylation sites is 2. The first-order chi connectivity index (χ1) is 11.2. The van der Waals surface area contributed by atoms with Crippen LogP contribution in [0.5, 0.6) is 17.2 Å². The standard InChI is InChI=1S/C17H16FNO4/c18-12-4-3-5-13(8-12)21-11-17(20)19-9-14-10-22-15-6-1-2-7-16(15)23-14/h1-8,14H,9-11H2,(H,19,20)/t14-/m0/s1. The summed E-state index contributed by atoms with van der Waals surface area (Å²) in [5.74, 6) is 0.955. The average Bonchev–Trinajstić information content (AvgIpc) is 2.58. The minimum atomic E-state index is -0.408. The highest BCUT2D eigenvalue weighted by Crippen LogP contribution is 2.30. The van der Waals surface area contributed by atoms with Crippen molar-refractivity contribution < 1.29 is 23.4 Å². The van der Waals surface area contributed by atoms with Crippen LogP contribution in [-0.2, 0) is 4.79 Å². The van der Waals surface area contributed by atoms with Gasteiger partial charge in [0.1, 0.15) is 24.3 Å². The van der Waals surface area contributed by atoms with Gasteiger partial charge in [0.15, 0.2) is 18.1 Å². The molecule has 0 fully saturated rings. The van der Waals surface area contributed by atoms with Crippen molar-refractivity contribution >= 4 is 5.91 Å². The van der Waals surface area contributed by atoms with Crippen LogP contribution in [-0.4, -0.2) is 31.8 Å². The second-order valence-corrected chi connectivity index (χ2v) is 5.05. The van der Waals surface area contributed by atoms with Gasteiger partial charge < -0.3 is 19.5 Å². The van der Waals surface area contributed by atoms with E-state index in [4.69, 9.17) is 14.2 Å². The first-order valence-corrected chi connectivity index (χ1v) is 7.24. The third kappa shape index (κ3) is 4.12. The van der Waals surface area contributed by atoms with Crippen molar-refractivity contribution in [2.45, 2.75) is 6.10 Å². The maximum atomic E-state index is 13.0. The summed E-state index contributed by atoms with van der Waals surface area (Å²) in [6.07, 6.45) is -0.261. The molecule has 2 aromatic carbocycles. The number of nitrogens with one attached hydrogen (secondary N) is 1. The zero-order valence-corrected chi connectivity index (χ0v) is 12.3. The van der Waals surface area contributed by atoms with Crippen LogP contribution in [0, 0.1) is 5.82 Å². The van der Waals surface area contributed by atoms with E-state index in [-0.39, 0.29) is 18.6 Å². The monoisotopic (exact) mass is 317 g/mol. The molecule has 0 saturated carbocycles. The SMILES string of the molecule is O=C(COc1cccc(F)c1)NC[C@H]1COc2ccccc2O1. The Labute approximate surface area is 133 Å². The summed E-state index contributed by atoms with van der Waals surface area (Å²) >= 11 is 0. The molecule has 0 saturated heterocycles. The van der Waals surface area contributed by atoms with Crippen molar-refractivity contribution in [1.82, 2.24) is 5.32 Å². The van der Waals surface area contributed by atoms with Gasteiger partial charge in [-0.05, 0) is 24.3 Å². The minimum absolute atomic E-state index is 0.187. The first kappa shape index (κ1) is 15.1. The highest BCUT2D eigenvalue weighted by molar-refractivity contribution is 5.77. The Hall–Kier alpha value is -2.76. The van der Waals surface area contributed by atoms with Crippen LogP contribution in [0.4, 0.5) is 4.39 Å². The molecule has 0 radical (unpaired) electrons. The highest BCUT2D eigenvalue weighted by Gasteiger charge is 2.21. The minimum Gasteiger partial charge on any atom is -0.486 e. The van der Waals surface area contributed by atoms with Crippen LogP contribution in [0.15, 0.2) is 48.5 Å². The summed E-state index contributed by atoms with van der Waals surface area (Å²) in [6.45, 7) is 0.481. The summed E-state index contributed by atoms with van der Waals surface area (Å²) < 4.78 is 29.5. The second kappa shape index (κ2) is 7.00. The van der Waals surface area contributed by atoms with E-state index in [0.29, 0.717) is 30.4 Å². The summed E-state index contributed by atoms with van der Waals surface area (Å²) in [7, 11) is 0. The van der Waals surface area contributed by atoms with Crippen molar-refractivity contribution in [2.75, 3.05) is 19.8 Å². The molecule has 120 valence electrons. The number of carbonyl (C=O) groups is 1. The number of benzene rings is 2. The van der Waals surface area contributed by atoms with Gasteiger partial charge in [-0.25, -0.2) is 4.39 Å². The van der Waals surface area contributed by atoms with Crippen LogP contribution in [0.3, 0.4) is 0 Å². The lowest BCUT2D eigenvalue weighted by atomic mass is 10.2. The van der Waals surface area contributed by atoms with Crippen molar-refractivity contribution in [3.8, 4) is 17.2 Å². The van der Waals surface area contributed by atoms with Gasteiger partial charge in [0.05, 0.1) is 6.54 Å². The first-order valence-electron chi connectivity index (χ1n) is 7.24. The van der Waals surface area contributed by atoms with Gasteiger partial charge in [-0.15, -0.1) is 0 Å². The van der Waals surface area contributed by atoms with Crippen molar-refractivity contribution in [1.29, 1.82) is 0 Å². The van der Waals surface area contributed by atoms with Crippen LogP contribution < -0.4 is 19.5 Å². The van der Waals surface area contributed by atoms with E-state index in [1.165, 1.54) is 18.2 Å². The van der Waals surface area contributed by atoms with Crippen molar-refractivity contribution in [3.05, 3.63) is 54.3 Å². The number of amides is 1. The van der Waals surface area contributed by atoms with Gasteiger partial charge in [-0.2, -0.15) is 0 Å². The molecule has 1 N–H and O–H groups in total. The average molecular weight is 317 g/mol. The molecule has 0 aromatic heterocycles. The molecule has 1 atom stereocenters. The lowest BCUT2D eigenvalue weighted by Gasteiger charge is -2.26. The van der Waals surface area contributed by atoms with Crippen molar-refractivity contribution in [3.63, 3.8) is 0 Å². The Morgan fingerprint density at radius 2 is 2.04 bits per heavy atom. The molecule has 1 aliphatic heterocycles. The maximum absolute atomic E-state index is 13.0. The van der Waals surface area contributed by atoms with Gasteiger partial charge in [-0.3, -0.25) is 4.79 Å². The third-order valence-electron chi connectivity index (χ3n) is 3.26. The second-order valence-electron chi connectivity index (χ2n) is 5.05. The van der Waals surface area contributed by atoms with Gasteiger partial charge in [0, 0.05) is 6.07 Å². The van der Waals surface area contributed by atoms with Gasteiger partial charge in [0.2, 0.25) is 0 Å². The predicted molar refractivity (Wildman–Crippen MR) is 81.3 cm³/mol. The van der Waals surface area contributed by atoms with E-state index in [1.54, 1.807) is 6.07 Å². The van der Waals surface area contributed by atoms with Crippen molar-refractivity contribution in [2.24, 2.45) is 0 Å². The fourth-order valence-electron chi connectivity index (χ4n) is 2.15. The normalized spacial score (nSPS) is 15.8. The van der Waals surface area contributed by atoms with Crippen LogP contribution in [0.25, 0.3) is 0 Å². The smallest absolute Gasteiger partial charge is 0.258 e. The lowest BCUT2D eigenvalue weighted by molar-refractivity contribution is -0.123. The number of hydrogen-bond acceptors (Lipinski definition) is 4. The number of carbonyl (C=O) groups excluding carboxylic acids is 1. The van der Waals surface area contributed by atoms with E-state index < -0.39 is 5.82 Å². The lowest BCUT2D eigenvalue weighted by Crippen LogP contribution is -2.42.